The molecule has 2 heterocycles. The van der Waals surface area contributed by atoms with Crippen molar-refractivity contribution in [2.75, 3.05) is 26.1 Å². The van der Waals surface area contributed by atoms with Crippen molar-refractivity contribution in [1.82, 2.24) is 14.5 Å². The maximum Gasteiger partial charge on any atom is 0.258 e. The Labute approximate surface area is 163 Å². The summed E-state index contributed by atoms with van der Waals surface area (Å²) >= 11 is 5.43. The largest absolute Gasteiger partial charge is 0.497 e. The van der Waals surface area contributed by atoms with Crippen molar-refractivity contribution < 1.29 is 4.74 Å². The Bertz CT molecular complexity index is 1070. The minimum atomic E-state index is -0.156. The van der Waals surface area contributed by atoms with Crippen molar-refractivity contribution in [3.8, 4) is 11.3 Å². The Kier molecular flexibility index (Phi) is 5.41. The van der Waals surface area contributed by atoms with Gasteiger partial charge < -0.3 is 14.6 Å². The smallest absolute Gasteiger partial charge is 0.258 e. The van der Waals surface area contributed by atoms with Crippen LogP contribution in [0, 0.1) is 4.64 Å². The van der Waals surface area contributed by atoms with Crippen LogP contribution in [0.5, 0.6) is 0 Å². The van der Waals surface area contributed by atoms with E-state index in [0.717, 1.165) is 28.3 Å². The second-order valence-corrected chi connectivity index (χ2v) is 6.95. The minimum absolute atomic E-state index is 0.156. The third-order valence-electron chi connectivity index (χ3n) is 4.32. The van der Waals surface area contributed by atoms with Crippen LogP contribution in [-0.2, 0) is 4.74 Å². The Morgan fingerprint density at radius 3 is 2.78 bits per heavy atom. The predicted molar refractivity (Wildman–Crippen MR) is 111 cm³/mol. The Morgan fingerprint density at radius 2 is 2.11 bits per heavy atom. The lowest BCUT2D eigenvalue weighted by Crippen LogP contribution is -2.20. The molecule has 1 aliphatic rings. The normalized spacial score (nSPS) is 14.0. The van der Waals surface area contributed by atoms with Gasteiger partial charge in [0.05, 0.1) is 24.1 Å². The molecule has 7 heteroatoms. The van der Waals surface area contributed by atoms with Gasteiger partial charge in [0.15, 0.2) is 0 Å². The Balaban J connectivity index is 2.08. The molecule has 27 heavy (non-hydrogen) atoms. The zero-order chi connectivity index (χ0) is 19.6. The highest BCUT2D eigenvalue weighted by molar-refractivity contribution is 7.71. The number of nitrogens with one attached hydrogen (secondary N) is 1. The lowest BCUT2D eigenvalue weighted by molar-refractivity contribution is 0.306. The number of hydrogen-bond donors (Lipinski definition) is 1. The summed E-state index contributed by atoms with van der Waals surface area (Å²) in [7, 11) is 5.49. The lowest BCUT2D eigenvalue weighted by Gasteiger charge is -2.17. The number of allylic oxidation sites excluding steroid dienone is 5. The highest BCUT2D eigenvalue weighted by Crippen LogP contribution is 2.28. The molecular weight excluding hydrogens is 360 g/mol. The molecule has 0 amide bonds. The molecule has 2 aromatic rings. The Morgan fingerprint density at radius 1 is 1.33 bits per heavy atom. The van der Waals surface area contributed by atoms with Gasteiger partial charge in [-0.05, 0) is 31.2 Å². The number of H-pyrrole nitrogens is 1. The van der Waals surface area contributed by atoms with Crippen LogP contribution in [0.1, 0.15) is 13.3 Å². The summed E-state index contributed by atoms with van der Waals surface area (Å²) < 4.78 is 7.40. The van der Waals surface area contributed by atoms with E-state index >= 15 is 0 Å². The third-order valence-corrected chi connectivity index (χ3v) is 4.64. The van der Waals surface area contributed by atoms with Gasteiger partial charge in [-0.25, -0.2) is 4.98 Å². The van der Waals surface area contributed by atoms with Gasteiger partial charge in [-0.2, -0.15) is 0 Å². The van der Waals surface area contributed by atoms with Crippen molar-refractivity contribution in [1.29, 1.82) is 0 Å². The number of aromatic amines is 1. The highest BCUT2D eigenvalue weighted by Gasteiger charge is 2.14. The maximum absolute atomic E-state index is 12.8. The van der Waals surface area contributed by atoms with E-state index in [2.05, 4.69) is 9.97 Å². The molecular formula is C20H22N4O2S. The van der Waals surface area contributed by atoms with Gasteiger partial charge in [-0.3, -0.25) is 9.36 Å². The Hall–Kier alpha value is -2.93. The van der Waals surface area contributed by atoms with Gasteiger partial charge in [-0.1, -0.05) is 17.8 Å². The minimum Gasteiger partial charge on any atom is -0.497 e. The first kappa shape index (κ1) is 18.8. The van der Waals surface area contributed by atoms with Crippen LogP contribution < -0.4 is 10.5 Å². The van der Waals surface area contributed by atoms with Crippen LogP contribution in [-0.4, -0.2) is 35.7 Å². The molecule has 0 aromatic carbocycles. The quantitative estimate of drug-likeness (QED) is 0.816. The van der Waals surface area contributed by atoms with Crippen LogP contribution >= 0.6 is 12.2 Å². The summed E-state index contributed by atoms with van der Waals surface area (Å²) in [6.07, 6.45) is 9.68. The number of ether oxygens (including phenoxy) is 1. The molecule has 0 spiro atoms. The van der Waals surface area contributed by atoms with E-state index in [1.807, 2.05) is 50.2 Å². The number of aromatic nitrogens is 3. The van der Waals surface area contributed by atoms with Crippen LogP contribution in [0.15, 0.2) is 59.0 Å². The molecule has 0 radical (unpaired) electrons. The fourth-order valence-corrected chi connectivity index (χ4v) is 3.28. The summed E-state index contributed by atoms with van der Waals surface area (Å²) in [5.41, 5.74) is 3.99. The molecule has 0 atom stereocenters. The van der Waals surface area contributed by atoms with Crippen LogP contribution in [0.2, 0.25) is 0 Å². The molecule has 0 saturated heterocycles. The van der Waals surface area contributed by atoms with Gasteiger partial charge in [-0.15, -0.1) is 0 Å². The van der Waals surface area contributed by atoms with Crippen LogP contribution in [0.3, 0.4) is 0 Å². The molecule has 0 saturated carbocycles. The number of pyridine rings is 1. The standard InChI is InChI=1S/C20H22N4O2S/c1-13-9-14(5-6-15(10-13)26-4)24-12-22-16(11-18(24)25)19-17(23(2)3)7-8-21-20(19)27/h5-8,10-12H,9H2,1-4H3,(H,21,27). The number of nitrogens with zero attached hydrogens (tertiary/aromatic N) is 3. The molecule has 3 rings (SSSR count). The van der Waals surface area contributed by atoms with Crippen molar-refractivity contribution >= 4 is 23.6 Å². The molecule has 1 aliphatic carbocycles. The molecule has 2 aromatic heterocycles. The number of methoxy groups -OCH3 is 1. The van der Waals surface area contributed by atoms with E-state index < -0.39 is 0 Å². The highest BCUT2D eigenvalue weighted by atomic mass is 32.1. The van der Waals surface area contributed by atoms with Gasteiger partial charge in [0, 0.05) is 38.5 Å². The van der Waals surface area contributed by atoms with Crippen LogP contribution in [0.25, 0.3) is 17.0 Å². The van der Waals surface area contributed by atoms with E-state index in [9.17, 15) is 4.79 Å². The first-order valence-electron chi connectivity index (χ1n) is 8.51. The number of anilines is 1. The number of hydrogen-bond acceptors (Lipinski definition) is 5. The van der Waals surface area contributed by atoms with E-state index in [0.29, 0.717) is 16.8 Å². The average Bonchev–Trinajstić information content (AvgIpc) is 2.82. The van der Waals surface area contributed by atoms with Crippen molar-refractivity contribution in [2.24, 2.45) is 0 Å². The second kappa shape index (κ2) is 7.75. The van der Waals surface area contributed by atoms with Crippen molar-refractivity contribution in [2.45, 2.75) is 13.3 Å². The fourth-order valence-electron chi connectivity index (χ4n) is 3.00. The molecule has 1 N–H and O–H groups in total. The third kappa shape index (κ3) is 3.93. The molecule has 140 valence electrons. The van der Waals surface area contributed by atoms with Crippen molar-refractivity contribution in [3.63, 3.8) is 0 Å². The zero-order valence-electron chi connectivity index (χ0n) is 15.8. The average molecular weight is 382 g/mol. The first-order valence-corrected chi connectivity index (χ1v) is 8.92. The van der Waals surface area contributed by atoms with Gasteiger partial charge in [0.2, 0.25) is 0 Å². The monoisotopic (exact) mass is 382 g/mol. The fraction of sp³-hybridized carbons (Fsp3) is 0.250. The zero-order valence-corrected chi connectivity index (χ0v) is 16.6. The van der Waals surface area contributed by atoms with E-state index in [4.69, 9.17) is 17.0 Å². The summed E-state index contributed by atoms with van der Waals surface area (Å²) in [6.45, 7) is 2.01. The topological polar surface area (TPSA) is 63.1 Å². The summed E-state index contributed by atoms with van der Waals surface area (Å²) in [5.74, 6) is 0.756. The summed E-state index contributed by atoms with van der Waals surface area (Å²) in [5, 5.41) is 0. The molecule has 0 fully saturated rings. The molecule has 6 nitrogen and oxygen atoms in total. The summed E-state index contributed by atoms with van der Waals surface area (Å²) in [6, 6.07) is 3.44. The second-order valence-electron chi connectivity index (χ2n) is 6.54. The van der Waals surface area contributed by atoms with Gasteiger partial charge in [0.25, 0.3) is 5.56 Å². The van der Waals surface area contributed by atoms with E-state index in [1.54, 1.807) is 24.2 Å². The van der Waals surface area contributed by atoms with Crippen molar-refractivity contribution in [3.05, 3.63) is 69.2 Å². The lowest BCUT2D eigenvalue weighted by atomic mass is 10.1. The van der Waals surface area contributed by atoms with Gasteiger partial charge in [0.1, 0.15) is 16.7 Å². The summed E-state index contributed by atoms with van der Waals surface area (Å²) in [4.78, 5) is 22.3. The number of rotatable bonds is 4. The first-order chi connectivity index (χ1) is 12.9. The maximum atomic E-state index is 12.8. The van der Waals surface area contributed by atoms with Crippen LogP contribution in [0.4, 0.5) is 5.69 Å². The molecule has 0 bridgehead atoms. The van der Waals surface area contributed by atoms with E-state index in [-0.39, 0.29) is 5.56 Å². The predicted octanol–water partition coefficient (Wildman–Crippen LogP) is 3.76. The molecule has 0 aliphatic heterocycles. The van der Waals surface area contributed by atoms with E-state index in [1.165, 1.54) is 6.07 Å². The van der Waals surface area contributed by atoms with Gasteiger partial charge >= 0.3 is 0 Å². The molecule has 0 unspecified atom stereocenters. The SMILES string of the molecule is COC1=CC=C(n2cnc(-c3c(N(C)C)cc[nH]c3=S)cc2=O)CC(C)=C1.